The van der Waals surface area contributed by atoms with E-state index in [9.17, 15) is 29.7 Å². The topological polar surface area (TPSA) is 128 Å². The van der Waals surface area contributed by atoms with Gasteiger partial charge in [-0.05, 0) is 25.3 Å². The van der Waals surface area contributed by atoms with E-state index < -0.39 is 23.5 Å². The molecule has 0 radical (unpaired) electrons. The Labute approximate surface area is 141 Å². The number of fused-ring (bicyclic) bond motifs is 1. The molecule has 0 spiro atoms. The van der Waals surface area contributed by atoms with Crippen molar-refractivity contribution in [3.63, 3.8) is 0 Å². The molecule has 8 heteroatoms. The average molecular weight is 347 g/mol. The van der Waals surface area contributed by atoms with Crippen molar-refractivity contribution in [2.24, 2.45) is 0 Å². The van der Waals surface area contributed by atoms with E-state index in [0.717, 1.165) is 6.07 Å². The number of hydrogen-bond donors (Lipinski definition) is 3. The number of rotatable bonds is 3. The molecule has 25 heavy (non-hydrogen) atoms. The van der Waals surface area contributed by atoms with E-state index in [1.807, 2.05) is 0 Å². The van der Waals surface area contributed by atoms with E-state index in [4.69, 9.17) is 4.42 Å². The highest BCUT2D eigenvalue weighted by atomic mass is 16.4. The van der Waals surface area contributed by atoms with E-state index in [0.29, 0.717) is 24.9 Å². The number of hydrogen-bond acceptors (Lipinski definition) is 6. The van der Waals surface area contributed by atoms with Gasteiger partial charge in [0.25, 0.3) is 0 Å². The van der Waals surface area contributed by atoms with Crippen LogP contribution in [0.15, 0.2) is 21.3 Å². The van der Waals surface area contributed by atoms with Crippen LogP contribution in [0.2, 0.25) is 0 Å². The van der Waals surface area contributed by atoms with Gasteiger partial charge in [0.15, 0.2) is 0 Å². The smallest absolute Gasteiger partial charge is 0.340 e. The molecule has 0 saturated carbocycles. The predicted molar refractivity (Wildman–Crippen MR) is 86.6 cm³/mol. The van der Waals surface area contributed by atoms with E-state index in [-0.39, 0.29) is 34.5 Å². The monoisotopic (exact) mass is 347 g/mol. The third-order valence-electron chi connectivity index (χ3n) is 4.53. The first-order valence-corrected chi connectivity index (χ1v) is 7.80. The van der Waals surface area contributed by atoms with Crippen LogP contribution in [0.3, 0.4) is 0 Å². The number of carbonyl (C=O) groups excluding carboxylic acids is 1. The quantitative estimate of drug-likeness (QED) is 0.710. The number of likely N-dealkylation sites (tertiary alicyclic amines) is 1. The molecule has 8 nitrogen and oxygen atoms in total. The summed E-state index contributed by atoms with van der Waals surface area (Å²) in [4.78, 5) is 37.2. The van der Waals surface area contributed by atoms with Gasteiger partial charge in [-0.3, -0.25) is 4.79 Å². The van der Waals surface area contributed by atoms with E-state index >= 15 is 0 Å². The Morgan fingerprint density at radius 2 is 2.04 bits per heavy atom. The molecule has 2 aromatic rings. The number of benzene rings is 1. The summed E-state index contributed by atoms with van der Waals surface area (Å²) in [5.41, 5.74) is -0.312. The van der Waals surface area contributed by atoms with Gasteiger partial charge in [0.1, 0.15) is 23.1 Å². The fourth-order valence-electron chi connectivity index (χ4n) is 3.29. The molecular formula is C17H17NO7. The molecule has 1 aromatic heterocycles. The van der Waals surface area contributed by atoms with Crippen molar-refractivity contribution in [3.8, 4) is 11.5 Å². The van der Waals surface area contributed by atoms with Crippen molar-refractivity contribution >= 4 is 22.8 Å². The Morgan fingerprint density at radius 3 is 2.72 bits per heavy atom. The van der Waals surface area contributed by atoms with Gasteiger partial charge in [0, 0.05) is 18.7 Å². The number of aromatic hydroxyl groups is 2. The van der Waals surface area contributed by atoms with Crippen LogP contribution in [-0.2, 0) is 16.0 Å². The van der Waals surface area contributed by atoms with Gasteiger partial charge in [-0.2, -0.15) is 0 Å². The molecule has 3 rings (SSSR count). The molecular weight excluding hydrogens is 330 g/mol. The van der Waals surface area contributed by atoms with Crippen molar-refractivity contribution in [3.05, 3.63) is 33.7 Å². The van der Waals surface area contributed by atoms with E-state index in [1.165, 1.54) is 11.0 Å². The molecule has 1 amide bonds. The second-order valence-electron chi connectivity index (χ2n) is 6.09. The largest absolute Gasteiger partial charge is 0.508 e. The van der Waals surface area contributed by atoms with Gasteiger partial charge in [-0.15, -0.1) is 0 Å². The van der Waals surface area contributed by atoms with Crippen LogP contribution < -0.4 is 5.63 Å². The molecule has 3 N–H and O–H groups in total. The molecule has 1 saturated heterocycles. The first-order valence-electron chi connectivity index (χ1n) is 7.80. The number of amides is 1. The lowest BCUT2D eigenvalue weighted by Crippen LogP contribution is -2.41. The molecule has 1 aliphatic rings. The summed E-state index contributed by atoms with van der Waals surface area (Å²) in [6, 6.07) is 1.43. The summed E-state index contributed by atoms with van der Waals surface area (Å²) in [6.45, 7) is 1.89. The van der Waals surface area contributed by atoms with Crippen LogP contribution in [0.25, 0.3) is 11.0 Å². The lowest BCUT2D eigenvalue weighted by molar-refractivity contribution is -0.148. The highest BCUT2D eigenvalue weighted by Gasteiger charge is 2.34. The molecule has 1 aliphatic heterocycles. The maximum Gasteiger partial charge on any atom is 0.340 e. The van der Waals surface area contributed by atoms with Crippen molar-refractivity contribution in [1.82, 2.24) is 4.90 Å². The number of carboxylic acids is 1. The zero-order valence-electron chi connectivity index (χ0n) is 13.5. The standard InChI is InChI=1S/C17H17NO7/c1-8-10(7-14(21)18-4-2-3-11(18)16(22)23)17(24)25-13-6-9(19)5-12(20)15(8)13/h5-6,11,19-20H,2-4,7H2,1H3,(H,22,23)/t11-/m1/s1. The zero-order chi connectivity index (χ0) is 18.3. The van der Waals surface area contributed by atoms with E-state index in [1.54, 1.807) is 6.92 Å². The Kier molecular flexibility index (Phi) is 4.12. The van der Waals surface area contributed by atoms with Crippen LogP contribution in [0.5, 0.6) is 11.5 Å². The summed E-state index contributed by atoms with van der Waals surface area (Å²) >= 11 is 0. The Bertz CT molecular complexity index is 931. The summed E-state index contributed by atoms with van der Waals surface area (Å²) < 4.78 is 5.11. The SMILES string of the molecule is Cc1c(CC(=O)N2CCC[C@@H]2C(=O)O)c(=O)oc2cc(O)cc(O)c12. The second-order valence-corrected chi connectivity index (χ2v) is 6.09. The highest BCUT2D eigenvalue weighted by molar-refractivity contribution is 5.90. The average Bonchev–Trinajstić information content (AvgIpc) is 3.00. The fourth-order valence-corrected chi connectivity index (χ4v) is 3.29. The summed E-state index contributed by atoms with van der Waals surface area (Å²) in [6.07, 6.45) is 0.661. The minimum Gasteiger partial charge on any atom is -0.508 e. The fraction of sp³-hybridized carbons (Fsp3) is 0.353. The van der Waals surface area contributed by atoms with Crippen LogP contribution in [-0.4, -0.2) is 44.7 Å². The Balaban J connectivity index is 2.00. The number of carbonyl (C=O) groups is 2. The lowest BCUT2D eigenvalue weighted by Gasteiger charge is -2.21. The zero-order valence-corrected chi connectivity index (χ0v) is 13.5. The Hall–Kier alpha value is -3.03. The van der Waals surface area contributed by atoms with Crippen molar-refractivity contribution < 1.29 is 29.3 Å². The number of carboxylic acid groups (broad SMARTS) is 1. The van der Waals surface area contributed by atoms with Gasteiger partial charge < -0.3 is 24.6 Å². The van der Waals surface area contributed by atoms with Gasteiger partial charge in [0.2, 0.25) is 5.91 Å². The lowest BCUT2D eigenvalue weighted by atomic mass is 10.0. The summed E-state index contributed by atoms with van der Waals surface area (Å²) in [5.74, 6) is -2.06. The van der Waals surface area contributed by atoms with Crippen LogP contribution >= 0.6 is 0 Å². The molecule has 0 bridgehead atoms. The molecule has 1 atom stereocenters. The molecule has 1 fully saturated rings. The maximum absolute atomic E-state index is 12.5. The summed E-state index contributed by atoms with van der Waals surface area (Å²) in [7, 11) is 0. The minimum absolute atomic E-state index is 0.0146. The van der Waals surface area contributed by atoms with Crippen molar-refractivity contribution in [2.45, 2.75) is 32.2 Å². The second kappa shape index (κ2) is 6.12. The number of phenols is 2. The first-order chi connectivity index (χ1) is 11.8. The number of aryl methyl sites for hydroxylation is 1. The molecule has 0 aliphatic carbocycles. The molecule has 2 heterocycles. The van der Waals surface area contributed by atoms with Crippen molar-refractivity contribution in [2.75, 3.05) is 6.54 Å². The maximum atomic E-state index is 12.5. The highest BCUT2D eigenvalue weighted by Crippen LogP contribution is 2.32. The predicted octanol–water partition coefficient (Wildman–Crippen LogP) is 1.13. The summed E-state index contributed by atoms with van der Waals surface area (Å²) in [5, 5.41) is 28.9. The van der Waals surface area contributed by atoms with Crippen molar-refractivity contribution in [1.29, 1.82) is 0 Å². The van der Waals surface area contributed by atoms with Crippen LogP contribution in [0.1, 0.15) is 24.0 Å². The molecule has 0 unspecified atom stereocenters. The van der Waals surface area contributed by atoms with E-state index in [2.05, 4.69) is 0 Å². The first kappa shape index (κ1) is 16.8. The number of aliphatic carboxylic acids is 1. The van der Waals surface area contributed by atoms with Crippen LogP contribution in [0, 0.1) is 6.92 Å². The van der Waals surface area contributed by atoms with Crippen LogP contribution in [0.4, 0.5) is 0 Å². The van der Waals surface area contributed by atoms with Gasteiger partial charge >= 0.3 is 11.6 Å². The van der Waals surface area contributed by atoms with Gasteiger partial charge in [-0.25, -0.2) is 9.59 Å². The van der Waals surface area contributed by atoms with Gasteiger partial charge in [-0.1, -0.05) is 0 Å². The Morgan fingerprint density at radius 1 is 1.32 bits per heavy atom. The third-order valence-corrected chi connectivity index (χ3v) is 4.53. The number of nitrogens with zero attached hydrogens (tertiary/aromatic N) is 1. The third kappa shape index (κ3) is 2.90. The minimum atomic E-state index is -1.07. The number of phenolic OH excluding ortho intramolecular Hbond substituents is 2. The van der Waals surface area contributed by atoms with Gasteiger partial charge in [0.05, 0.1) is 17.4 Å². The molecule has 132 valence electrons. The normalized spacial score (nSPS) is 17.2. The molecule has 1 aromatic carbocycles.